The first-order valence-corrected chi connectivity index (χ1v) is 9.05. The van der Waals surface area contributed by atoms with Crippen molar-refractivity contribution in [3.63, 3.8) is 0 Å². The summed E-state index contributed by atoms with van der Waals surface area (Å²) in [4.78, 5) is 23.5. The van der Waals surface area contributed by atoms with Crippen LogP contribution in [0.2, 0.25) is 0 Å². The summed E-state index contributed by atoms with van der Waals surface area (Å²) in [6.45, 7) is 3.41. The number of aromatic nitrogens is 2. The summed E-state index contributed by atoms with van der Waals surface area (Å²) in [7, 11) is 0. The van der Waals surface area contributed by atoms with Crippen molar-refractivity contribution in [2.45, 2.75) is 18.9 Å². The van der Waals surface area contributed by atoms with Crippen molar-refractivity contribution < 1.29 is 9.53 Å². The van der Waals surface area contributed by atoms with E-state index in [0.29, 0.717) is 17.4 Å². The molecule has 3 aliphatic heterocycles. The number of carbonyl (C=O) groups is 1. The van der Waals surface area contributed by atoms with Crippen molar-refractivity contribution in [2.75, 3.05) is 19.6 Å². The van der Waals surface area contributed by atoms with Gasteiger partial charge in [0.2, 0.25) is 0 Å². The molecule has 0 N–H and O–H groups in total. The highest BCUT2D eigenvalue weighted by Gasteiger charge is 2.49. The van der Waals surface area contributed by atoms with Crippen molar-refractivity contribution >= 4 is 5.97 Å². The third-order valence-electron chi connectivity index (χ3n) is 5.93. The Hall–Kier alpha value is -2.27. The molecule has 0 spiro atoms. The molecule has 4 fully saturated rings. The lowest BCUT2D eigenvalue weighted by atomic mass is 9.66. The highest BCUT2D eigenvalue weighted by Crippen LogP contribution is 2.44. The van der Waals surface area contributed by atoms with Gasteiger partial charge in [0.15, 0.2) is 0 Å². The second-order valence-electron chi connectivity index (χ2n) is 7.64. The number of piperidine rings is 3. The SMILES string of the molecule is O=C(OC1C2CC3CC1CN(C3)C2)c1cncc(-c2ccncc2)c1. The van der Waals surface area contributed by atoms with Gasteiger partial charge in [-0.1, -0.05) is 0 Å². The van der Waals surface area contributed by atoms with Gasteiger partial charge in [-0.15, -0.1) is 0 Å². The van der Waals surface area contributed by atoms with E-state index in [1.54, 1.807) is 24.8 Å². The number of ether oxygens (including phenoxy) is 1. The number of hydrogen-bond acceptors (Lipinski definition) is 5. The molecule has 0 radical (unpaired) electrons. The first-order chi connectivity index (χ1) is 12.3. The maximum atomic E-state index is 12.7. The molecule has 1 saturated carbocycles. The molecule has 0 amide bonds. The Bertz CT molecular complexity index is 765. The van der Waals surface area contributed by atoms with Crippen LogP contribution in [0, 0.1) is 17.8 Å². The predicted molar refractivity (Wildman–Crippen MR) is 92.8 cm³/mol. The summed E-state index contributed by atoms with van der Waals surface area (Å²) in [5.41, 5.74) is 2.44. The molecule has 0 aromatic carbocycles. The Labute approximate surface area is 147 Å². The van der Waals surface area contributed by atoms with E-state index in [2.05, 4.69) is 14.9 Å². The van der Waals surface area contributed by atoms with E-state index in [0.717, 1.165) is 30.1 Å². The van der Waals surface area contributed by atoms with E-state index >= 15 is 0 Å². The van der Waals surface area contributed by atoms with Gasteiger partial charge in [0.25, 0.3) is 0 Å². The molecular weight excluding hydrogens is 314 g/mol. The smallest absolute Gasteiger partial charge is 0.340 e. The molecule has 1 aliphatic carbocycles. The zero-order valence-electron chi connectivity index (χ0n) is 14.0. The molecule has 2 aromatic heterocycles. The number of esters is 1. The van der Waals surface area contributed by atoms with Crippen LogP contribution in [0.3, 0.4) is 0 Å². The first kappa shape index (κ1) is 15.0. The summed E-state index contributed by atoms with van der Waals surface area (Å²) < 4.78 is 5.99. The molecule has 5 nitrogen and oxygen atoms in total. The van der Waals surface area contributed by atoms with Crippen molar-refractivity contribution in [1.82, 2.24) is 14.9 Å². The summed E-state index contributed by atoms with van der Waals surface area (Å²) >= 11 is 0. The summed E-state index contributed by atoms with van der Waals surface area (Å²) in [6.07, 6.45) is 9.34. The van der Waals surface area contributed by atoms with Crippen LogP contribution in [0.1, 0.15) is 23.2 Å². The van der Waals surface area contributed by atoms with Gasteiger partial charge in [0.1, 0.15) is 6.10 Å². The molecule has 25 heavy (non-hydrogen) atoms. The zero-order valence-corrected chi connectivity index (χ0v) is 14.0. The topological polar surface area (TPSA) is 55.3 Å². The lowest BCUT2D eigenvalue weighted by Gasteiger charge is -2.55. The molecule has 128 valence electrons. The van der Waals surface area contributed by atoms with Gasteiger partial charge in [0, 0.05) is 61.8 Å². The van der Waals surface area contributed by atoms with Crippen molar-refractivity contribution in [3.8, 4) is 11.1 Å². The molecule has 2 unspecified atom stereocenters. The molecule has 5 heterocycles. The normalized spacial score (nSPS) is 32.6. The summed E-state index contributed by atoms with van der Waals surface area (Å²) in [5.74, 6) is 1.58. The molecule has 6 rings (SSSR count). The largest absolute Gasteiger partial charge is 0.458 e. The van der Waals surface area contributed by atoms with Crippen LogP contribution in [0.25, 0.3) is 11.1 Å². The Morgan fingerprint density at radius 2 is 1.76 bits per heavy atom. The Kier molecular flexibility index (Phi) is 3.55. The van der Waals surface area contributed by atoms with E-state index in [1.807, 2.05) is 18.2 Å². The lowest BCUT2D eigenvalue weighted by molar-refractivity contribution is -0.116. The predicted octanol–water partition coefficient (Wildman–Crippen LogP) is 2.64. The van der Waals surface area contributed by atoms with Crippen LogP contribution in [0.5, 0.6) is 0 Å². The summed E-state index contributed by atoms with van der Waals surface area (Å²) in [6, 6.07) is 5.70. The lowest BCUT2D eigenvalue weighted by Crippen LogP contribution is -2.60. The van der Waals surface area contributed by atoms with Crippen molar-refractivity contribution in [1.29, 1.82) is 0 Å². The van der Waals surface area contributed by atoms with Gasteiger partial charge in [-0.25, -0.2) is 4.79 Å². The van der Waals surface area contributed by atoms with E-state index < -0.39 is 0 Å². The second-order valence-corrected chi connectivity index (χ2v) is 7.64. The van der Waals surface area contributed by atoms with Crippen molar-refractivity contribution in [2.24, 2.45) is 17.8 Å². The molecule has 2 atom stereocenters. The summed E-state index contributed by atoms with van der Waals surface area (Å²) in [5, 5.41) is 0. The van der Waals surface area contributed by atoms with Crippen LogP contribution in [0.15, 0.2) is 43.0 Å². The van der Waals surface area contributed by atoms with Gasteiger partial charge in [0.05, 0.1) is 5.56 Å². The minimum absolute atomic E-state index is 0.0740. The highest BCUT2D eigenvalue weighted by molar-refractivity contribution is 5.90. The van der Waals surface area contributed by atoms with Crippen molar-refractivity contribution in [3.05, 3.63) is 48.5 Å². The third kappa shape index (κ3) is 2.72. The number of carbonyl (C=O) groups excluding carboxylic acids is 1. The Morgan fingerprint density at radius 1 is 1.00 bits per heavy atom. The van der Waals surface area contributed by atoms with Crippen LogP contribution in [-0.4, -0.2) is 46.6 Å². The van der Waals surface area contributed by atoms with Gasteiger partial charge >= 0.3 is 5.97 Å². The maximum absolute atomic E-state index is 12.7. The van der Waals surface area contributed by atoms with E-state index in [-0.39, 0.29) is 12.1 Å². The minimum Gasteiger partial charge on any atom is -0.458 e. The van der Waals surface area contributed by atoms with Gasteiger partial charge < -0.3 is 9.64 Å². The number of hydrogen-bond donors (Lipinski definition) is 0. The van der Waals surface area contributed by atoms with Crippen LogP contribution >= 0.6 is 0 Å². The fourth-order valence-electron chi connectivity index (χ4n) is 5.00. The van der Waals surface area contributed by atoms with Gasteiger partial charge in [-0.3, -0.25) is 9.97 Å². The van der Waals surface area contributed by atoms with Gasteiger partial charge in [-0.2, -0.15) is 0 Å². The average Bonchev–Trinajstić information content (AvgIpc) is 2.65. The fraction of sp³-hybridized carbons (Fsp3) is 0.450. The van der Waals surface area contributed by atoms with E-state index in [1.165, 1.54) is 19.4 Å². The minimum atomic E-state index is -0.240. The third-order valence-corrected chi connectivity index (χ3v) is 5.93. The van der Waals surface area contributed by atoms with Crippen LogP contribution in [-0.2, 0) is 4.74 Å². The first-order valence-electron chi connectivity index (χ1n) is 9.05. The quantitative estimate of drug-likeness (QED) is 0.807. The molecule has 4 bridgehead atoms. The van der Waals surface area contributed by atoms with E-state index in [9.17, 15) is 4.79 Å². The zero-order chi connectivity index (χ0) is 16.8. The molecular formula is C20H21N3O2. The highest BCUT2D eigenvalue weighted by atomic mass is 16.5. The number of nitrogens with zero attached hydrogens (tertiary/aromatic N) is 3. The number of rotatable bonds is 3. The Morgan fingerprint density at radius 3 is 2.48 bits per heavy atom. The maximum Gasteiger partial charge on any atom is 0.340 e. The molecule has 3 saturated heterocycles. The second kappa shape index (κ2) is 5.92. The van der Waals surface area contributed by atoms with Crippen LogP contribution in [0.4, 0.5) is 0 Å². The Balaban J connectivity index is 1.35. The standard InChI is InChI=1S/C20H21N3O2/c24-20(16-7-15(8-22-9-16)14-1-3-21-4-2-14)25-19-17-5-13-6-18(19)12-23(10-13)11-17/h1-4,7-9,13,17-19H,5-6,10-12H2. The van der Waals surface area contributed by atoms with Crippen LogP contribution < -0.4 is 0 Å². The number of pyridine rings is 2. The monoisotopic (exact) mass is 335 g/mol. The average molecular weight is 335 g/mol. The fourth-order valence-corrected chi connectivity index (χ4v) is 5.00. The molecule has 2 aromatic rings. The molecule has 5 heteroatoms. The van der Waals surface area contributed by atoms with E-state index in [4.69, 9.17) is 4.74 Å². The van der Waals surface area contributed by atoms with Gasteiger partial charge in [-0.05, 0) is 42.5 Å². The molecule has 4 aliphatic rings.